The van der Waals surface area contributed by atoms with Crippen LogP contribution < -0.4 is 10.6 Å². The topological polar surface area (TPSA) is 63.2 Å². The van der Waals surface area contributed by atoms with Crippen molar-refractivity contribution < 1.29 is 13.9 Å². The van der Waals surface area contributed by atoms with E-state index in [9.17, 15) is 9.18 Å². The van der Waals surface area contributed by atoms with Crippen molar-refractivity contribution in [3.63, 3.8) is 0 Å². The molecule has 1 fully saturated rings. The number of amides is 1. The highest BCUT2D eigenvalue weighted by Gasteiger charge is 2.16. The fraction of sp³-hybridized carbons (Fsp3) is 0.294. The van der Waals surface area contributed by atoms with Crippen molar-refractivity contribution in [2.24, 2.45) is 0 Å². The van der Waals surface area contributed by atoms with Crippen LogP contribution in [0.4, 0.5) is 15.8 Å². The molecule has 1 amide bonds. The van der Waals surface area contributed by atoms with Gasteiger partial charge in [-0.25, -0.2) is 4.39 Å². The molecule has 0 saturated carbocycles. The maximum Gasteiger partial charge on any atom is 0.255 e. The SMILES string of the molecule is O=C(Nc1ccc(NC[C@@H]2CCCO2)c(F)c1)c1ccncc1. The Labute approximate surface area is 133 Å². The summed E-state index contributed by atoms with van der Waals surface area (Å²) in [5, 5.41) is 5.71. The number of carbonyl (C=O) groups is 1. The number of nitrogens with zero attached hydrogens (tertiary/aromatic N) is 1. The predicted octanol–water partition coefficient (Wildman–Crippen LogP) is 3.06. The number of nitrogens with one attached hydrogen (secondary N) is 2. The molecular weight excluding hydrogens is 297 g/mol. The number of anilines is 2. The Kier molecular flexibility index (Phi) is 4.83. The van der Waals surface area contributed by atoms with Gasteiger partial charge >= 0.3 is 0 Å². The zero-order chi connectivity index (χ0) is 16.1. The second-order valence-corrected chi connectivity index (χ2v) is 5.40. The van der Waals surface area contributed by atoms with Crippen LogP contribution >= 0.6 is 0 Å². The van der Waals surface area contributed by atoms with Crippen LogP contribution in [0.1, 0.15) is 23.2 Å². The van der Waals surface area contributed by atoms with E-state index in [1.165, 1.54) is 18.5 Å². The Morgan fingerprint density at radius 3 is 2.83 bits per heavy atom. The Balaban J connectivity index is 1.61. The van der Waals surface area contributed by atoms with Gasteiger partial charge in [0.25, 0.3) is 5.91 Å². The number of aromatic nitrogens is 1. The summed E-state index contributed by atoms with van der Waals surface area (Å²) in [6.45, 7) is 1.36. The number of pyridine rings is 1. The molecule has 1 aliphatic heterocycles. The Morgan fingerprint density at radius 1 is 1.30 bits per heavy atom. The zero-order valence-corrected chi connectivity index (χ0v) is 12.6. The summed E-state index contributed by atoms with van der Waals surface area (Å²) in [5.41, 5.74) is 1.29. The minimum atomic E-state index is -0.407. The summed E-state index contributed by atoms with van der Waals surface area (Å²) in [4.78, 5) is 15.9. The fourth-order valence-electron chi connectivity index (χ4n) is 2.47. The van der Waals surface area contributed by atoms with Crippen LogP contribution in [0.5, 0.6) is 0 Å². The van der Waals surface area contributed by atoms with Crippen molar-refractivity contribution in [1.29, 1.82) is 0 Å². The highest BCUT2D eigenvalue weighted by molar-refractivity contribution is 6.04. The first kappa shape index (κ1) is 15.4. The lowest BCUT2D eigenvalue weighted by molar-refractivity contribution is 0.102. The van der Waals surface area contributed by atoms with Crippen molar-refractivity contribution in [3.05, 3.63) is 54.1 Å². The molecule has 23 heavy (non-hydrogen) atoms. The van der Waals surface area contributed by atoms with E-state index >= 15 is 0 Å². The van der Waals surface area contributed by atoms with Gasteiger partial charge in [0.15, 0.2) is 0 Å². The normalized spacial score (nSPS) is 17.0. The summed E-state index contributed by atoms with van der Waals surface area (Å²) in [7, 11) is 0. The zero-order valence-electron chi connectivity index (χ0n) is 12.6. The van der Waals surface area contributed by atoms with E-state index in [1.807, 2.05) is 0 Å². The predicted molar refractivity (Wildman–Crippen MR) is 86.1 cm³/mol. The third-order valence-corrected chi connectivity index (χ3v) is 3.71. The van der Waals surface area contributed by atoms with Gasteiger partial charge in [0, 0.05) is 36.8 Å². The number of hydrogen-bond acceptors (Lipinski definition) is 4. The lowest BCUT2D eigenvalue weighted by Gasteiger charge is -2.13. The first-order valence-electron chi connectivity index (χ1n) is 7.59. The molecule has 0 bridgehead atoms. The number of benzene rings is 1. The Morgan fingerprint density at radius 2 is 2.13 bits per heavy atom. The maximum absolute atomic E-state index is 14.1. The summed E-state index contributed by atoms with van der Waals surface area (Å²) in [6.07, 6.45) is 5.26. The first-order chi connectivity index (χ1) is 11.2. The molecule has 2 N–H and O–H groups in total. The van der Waals surface area contributed by atoms with Gasteiger partial charge in [0.1, 0.15) is 5.82 Å². The molecule has 0 radical (unpaired) electrons. The molecule has 1 saturated heterocycles. The number of halogens is 1. The summed E-state index contributed by atoms with van der Waals surface area (Å²) >= 11 is 0. The minimum absolute atomic E-state index is 0.139. The van der Waals surface area contributed by atoms with Crippen LogP contribution in [0.25, 0.3) is 0 Å². The molecule has 3 rings (SSSR count). The van der Waals surface area contributed by atoms with Crippen LogP contribution in [0.3, 0.4) is 0 Å². The largest absolute Gasteiger partial charge is 0.380 e. The lowest BCUT2D eigenvalue weighted by atomic mass is 10.2. The monoisotopic (exact) mass is 315 g/mol. The molecule has 1 aromatic carbocycles. The standard InChI is InChI=1S/C17H18FN3O2/c18-15-10-13(21-17(22)12-5-7-19-8-6-12)3-4-16(15)20-11-14-2-1-9-23-14/h3-8,10,14,20H,1-2,9,11H2,(H,21,22)/t14-/m0/s1. The molecule has 2 aromatic rings. The molecule has 1 aromatic heterocycles. The molecule has 0 aliphatic carbocycles. The molecule has 1 aliphatic rings. The fourth-order valence-corrected chi connectivity index (χ4v) is 2.47. The van der Waals surface area contributed by atoms with Gasteiger partial charge in [-0.15, -0.1) is 0 Å². The third-order valence-electron chi connectivity index (χ3n) is 3.71. The van der Waals surface area contributed by atoms with Crippen molar-refractivity contribution in [1.82, 2.24) is 4.98 Å². The summed E-state index contributed by atoms with van der Waals surface area (Å²) < 4.78 is 19.6. The van der Waals surface area contributed by atoms with E-state index in [-0.39, 0.29) is 12.0 Å². The first-order valence-corrected chi connectivity index (χ1v) is 7.59. The molecule has 1 atom stereocenters. The van der Waals surface area contributed by atoms with Crippen LogP contribution in [0.2, 0.25) is 0 Å². The Bertz CT molecular complexity index is 673. The number of carbonyl (C=O) groups excluding carboxylic acids is 1. The highest BCUT2D eigenvalue weighted by Crippen LogP contribution is 2.21. The van der Waals surface area contributed by atoms with E-state index in [1.54, 1.807) is 24.3 Å². The molecule has 5 nitrogen and oxygen atoms in total. The molecule has 6 heteroatoms. The van der Waals surface area contributed by atoms with E-state index < -0.39 is 5.82 Å². The second kappa shape index (κ2) is 7.19. The third kappa shape index (κ3) is 4.04. The lowest BCUT2D eigenvalue weighted by Crippen LogP contribution is -2.19. The quantitative estimate of drug-likeness (QED) is 0.890. The van der Waals surface area contributed by atoms with Crippen LogP contribution in [-0.2, 0) is 4.74 Å². The van der Waals surface area contributed by atoms with Gasteiger partial charge in [-0.05, 0) is 43.2 Å². The van der Waals surface area contributed by atoms with Gasteiger partial charge in [0.05, 0.1) is 11.8 Å². The van der Waals surface area contributed by atoms with Gasteiger partial charge in [-0.3, -0.25) is 9.78 Å². The number of ether oxygens (including phenoxy) is 1. The molecule has 120 valence electrons. The van der Waals surface area contributed by atoms with Crippen LogP contribution in [-0.4, -0.2) is 30.1 Å². The van der Waals surface area contributed by atoms with Gasteiger partial charge < -0.3 is 15.4 Å². The van der Waals surface area contributed by atoms with Gasteiger partial charge in [0.2, 0.25) is 0 Å². The number of rotatable bonds is 5. The molecule has 0 spiro atoms. The van der Waals surface area contributed by atoms with Gasteiger partial charge in [-0.2, -0.15) is 0 Å². The van der Waals surface area contributed by atoms with Crippen LogP contribution in [0.15, 0.2) is 42.7 Å². The highest BCUT2D eigenvalue weighted by atomic mass is 19.1. The second-order valence-electron chi connectivity index (χ2n) is 5.40. The van der Waals surface area contributed by atoms with Gasteiger partial charge in [-0.1, -0.05) is 0 Å². The maximum atomic E-state index is 14.1. The Hall–Kier alpha value is -2.47. The van der Waals surface area contributed by atoms with Crippen molar-refractivity contribution in [2.45, 2.75) is 18.9 Å². The summed E-state index contributed by atoms with van der Waals surface area (Å²) in [6, 6.07) is 7.79. The smallest absolute Gasteiger partial charge is 0.255 e. The van der Waals surface area contributed by atoms with Crippen LogP contribution in [0, 0.1) is 5.82 Å². The van der Waals surface area contributed by atoms with E-state index in [0.717, 1.165) is 19.4 Å². The minimum Gasteiger partial charge on any atom is -0.380 e. The van der Waals surface area contributed by atoms with E-state index in [0.29, 0.717) is 23.5 Å². The van der Waals surface area contributed by atoms with E-state index in [2.05, 4.69) is 15.6 Å². The molecular formula is C17H18FN3O2. The van der Waals surface area contributed by atoms with E-state index in [4.69, 9.17) is 4.74 Å². The van der Waals surface area contributed by atoms with Crippen molar-refractivity contribution in [2.75, 3.05) is 23.8 Å². The molecule has 0 unspecified atom stereocenters. The van der Waals surface area contributed by atoms with Crippen molar-refractivity contribution >= 4 is 17.3 Å². The number of hydrogen-bond donors (Lipinski definition) is 2. The molecule has 2 heterocycles. The summed E-state index contributed by atoms with van der Waals surface area (Å²) in [5.74, 6) is -0.706. The average molecular weight is 315 g/mol. The van der Waals surface area contributed by atoms with Crippen molar-refractivity contribution in [3.8, 4) is 0 Å². The average Bonchev–Trinajstić information content (AvgIpc) is 3.08.